The third-order valence-corrected chi connectivity index (χ3v) is 4.88. The Morgan fingerprint density at radius 2 is 1.67 bits per heavy atom. The van der Waals surface area contributed by atoms with Gasteiger partial charge in [0.05, 0.1) is 25.2 Å². The highest BCUT2D eigenvalue weighted by molar-refractivity contribution is 5.86. The second-order valence-corrected chi connectivity index (χ2v) is 7.10. The molecule has 0 aromatic heterocycles. The van der Waals surface area contributed by atoms with E-state index in [1.165, 1.54) is 0 Å². The number of carbonyl (C=O) groups is 2. The molecule has 0 radical (unpaired) electrons. The summed E-state index contributed by atoms with van der Waals surface area (Å²) < 4.78 is 0. The number of aliphatic hydroxyl groups excluding tert-OH is 2. The summed E-state index contributed by atoms with van der Waals surface area (Å²) in [6.45, 7) is 3.87. The minimum absolute atomic E-state index is 0.00236. The summed E-state index contributed by atoms with van der Waals surface area (Å²) in [7, 11) is 0. The van der Waals surface area contributed by atoms with Gasteiger partial charge in [0.25, 0.3) is 0 Å². The highest BCUT2D eigenvalue weighted by Gasteiger charge is 2.26. The van der Waals surface area contributed by atoms with E-state index < -0.39 is 12.0 Å². The first kappa shape index (κ1) is 23.3. The van der Waals surface area contributed by atoms with E-state index in [4.69, 9.17) is 0 Å². The van der Waals surface area contributed by atoms with E-state index in [2.05, 4.69) is 11.9 Å². The van der Waals surface area contributed by atoms with Gasteiger partial charge in [-0.15, -0.1) is 6.58 Å². The van der Waals surface area contributed by atoms with Crippen molar-refractivity contribution < 1.29 is 19.8 Å². The molecule has 2 atom stereocenters. The summed E-state index contributed by atoms with van der Waals surface area (Å²) in [6.07, 6.45) is 1.95. The Bertz CT molecular complexity index is 795. The predicted molar refractivity (Wildman–Crippen MR) is 116 cm³/mol. The minimum Gasteiger partial charge on any atom is -0.395 e. The summed E-state index contributed by atoms with van der Waals surface area (Å²) >= 11 is 0. The van der Waals surface area contributed by atoms with Crippen molar-refractivity contribution in [2.75, 3.05) is 19.8 Å². The molecule has 6 nitrogen and oxygen atoms in total. The number of rotatable bonds is 12. The molecule has 2 aromatic rings. The number of allylic oxidation sites excluding steroid dienone is 1. The first-order valence-electron chi connectivity index (χ1n) is 10.1. The molecule has 0 heterocycles. The highest BCUT2D eigenvalue weighted by Crippen LogP contribution is 2.18. The first-order chi connectivity index (χ1) is 14.6. The molecule has 0 fully saturated rings. The molecule has 2 rings (SSSR count). The molecule has 0 aliphatic rings. The molecule has 0 aliphatic carbocycles. The minimum atomic E-state index is -0.607. The van der Waals surface area contributed by atoms with Crippen LogP contribution in [0.5, 0.6) is 0 Å². The molecule has 6 heteroatoms. The zero-order valence-corrected chi connectivity index (χ0v) is 17.1. The predicted octanol–water partition coefficient (Wildman–Crippen LogP) is 2.44. The topological polar surface area (TPSA) is 89.9 Å². The van der Waals surface area contributed by atoms with Crippen LogP contribution in [0.1, 0.15) is 30.0 Å². The second kappa shape index (κ2) is 12.6. The number of benzene rings is 2. The van der Waals surface area contributed by atoms with Gasteiger partial charge in [0, 0.05) is 19.5 Å². The lowest BCUT2D eigenvalue weighted by molar-refractivity contribution is -0.137. The van der Waals surface area contributed by atoms with Gasteiger partial charge in [0.2, 0.25) is 11.8 Å². The molecule has 0 saturated heterocycles. The molecule has 3 N–H and O–H groups in total. The monoisotopic (exact) mass is 410 g/mol. The molecule has 30 heavy (non-hydrogen) atoms. The summed E-state index contributed by atoms with van der Waals surface area (Å²) in [5.41, 5.74) is 1.75. The quantitative estimate of drug-likeness (QED) is 0.469. The Morgan fingerprint density at radius 1 is 1.03 bits per heavy atom. The SMILES string of the molecule is C=CCC(CC(=O)N(CCO)Cc1ccccc1)C(=O)NC(CO)c1ccccc1. The number of hydrogen-bond donors (Lipinski definition) is 3. The molecule has 2 unspecified atom stereocenters. The fourth-order valence-corrected chi connectivity index (χ4v) is 3.25. The number of nitrogens with zero attached hydrogens (tertiary/aromatic N) is 1. The summed E-state index contributed by atoms with van der Waals surface area (Å²) in [6, 6.07) is 18.2. The summed E-state index contributed by atoms with van der Waals surface area (Å²) in [5.74, 6) is -1.13. The Labute approximate surface area is 177 Å². The van der Waals surface area contributed by atoms with Gasteiger partial charge in [-0.25, -0.2) is 0 Å². The molecule has 0 aliphatic heterocycles. The van der Waals surface area contributed by atoms with Crippen molar-refractivity contribution in [3.63, 3.8) is 0 Å². The van der Waals surface area contributed by atoms with E-state index >= 15 is 0 Å². The number of carbonyl (C=O) groups excluding carboxylic acids is 2. The fourth-order valence-electron chi connectivity index (χ4n) is 3.25. The van der Waals surface area contributed by atoms with Crippen LogP contribution in [0.4, 0.5) is 0 Å². The highest BCUT2D eigenvalue weighted by atomic mass is 16.3. The van der Waals surface area contributed by atoms with Crippen LogP contribution in [-0.2, 0) is 16.1 Å². The van der Waals surface area contributed by atoms with Crippen molar-refractivity contribution in [3.05, 3.63) is 84.4 Å². The molecule has 160 valence electrons. The lowest BCUT2D eigenvalue weighted by atomic mass is 9.98. The van der Waals surface area contributed by atoms with E-state index in [1.54, 1.807) is 11.0 Å². The molecule has 2 amide bonds. The van der Waals surface area contributed by atoms with Crippen LogP contribution in [0.25, 0.3) is 0 Å². The lowest BCUT2D eigenvalue weighted by Crippen LogP contribution is -2.39. The van der Waals surface area contributed by atoms with Crippen LogP contribution in [0.3, 0.4) is 0 Å². The van der Waals surface area contributed by atoms with Gasteiger partial charge in [0.1, 0.15) is 0 Å². The van der Waals surface area contributed by atoms with Gasteiger partial charge in [-0.05, 0) is 17.5 Å². The van der Waals surface area contributed by atoms with E-state index in [1.807, 2.05) is 60.7 Å². The number of amides is 2. The first-order valence-corrected chi connectivity index (χ1v) is 10.1. The van der Waals surface area contributed by atoms with Gasteiger partial charge in [-0.3, -0.25) is 9.59 Å². The van der Waals surface area contributed by atoms with E-state index in [0.717, 1.165) is 11.1 Å². The largest absolute Gasteiger partial charge is 0.395 e. The third kappa shape index (κ3) is 7.13. The second-order valence-electron chi connectivity index (χ2n) is 7.10. The van der Waals surface area contributed by atoms with Crippen molar-refractivity contribution in [1.29, 1.82) is 0 Å². The average molecular weight is 411 g/mol. The van der Waals surface area contributed by atoms with E-state index in [-0.39, 0.29) is 38.0 Å². The normalized spacial score (nSPS) is 12.6. The van der Waals surface area contributed by atoms with Gasteiger partial charge in [0.15, 0.2) is 0 Å². The van der Waals surface area contributed by atoms with Gasteiger partial charge < -0.3 is 20.4 Å². The van der Waals surface area contributed by atoms with Crippen molar-refractivity contribution in [3.8, 4) is 0 Å². The number of nitrogens with one attached hydrogen (secondary N) is 1. The Hall–Kier alpha value is -2.96. The van der Waals surface area contributed by atoms with Crippen molar-refractivity contribution in [2.45, 2.75) is 25.4 Å². The Balaban J connectivity index is 2.06. The van der Waals surface area contributed by atoms with Crippen LogP contribution in [0.15, 0.2) is 73.3 Å². The Morgan fingerprint density at radius 3 is 2.23 bits per heavy atom. The standard InChI is InChI=1S/C24H30N2O4/c1-2-9-21(24(30)25-22(18-28)20-12-7-4-8-13-20)16-23(29)26(14-15-27)17-19-10-5-3-6-11-19/h2-8,10-13,21-22,27-28H,1,9,14-18H2,(H,25,30). The van der Waals surface area contributed by atoms with Gasteiger partial charge in [-0.2, -0.15) is 0 Å². The Kier molecular flexibility index (Phi) is 9.77. The molecule has 0 bridgehead atoms. The maximum atomic E-state index is 12.9. The fraction of sp³-hybridized carbons (Fsp3) is 0.333. The van der Waals surface area contributed by atoms with Crippen LogP contribution >= 0.6 is 0 Å². The zero-order valence-electron chi connectivity index (χ0n) is 17.1. The molecular weight excluding hydrogens is 380 g/mol. The van der Waals surface area contributed by atoms with Crippen molar-refractivity contribution >= 4 is 11.8 Å². The zero-order chi connectivity index (χ0) is 21.8. The van der Waals surface area contributed by atoms with Gasteiger partial charge in [-0.1, -0.05) is 66.7 Å². The smallest absolute Gasteiger partial charge is 0.224 e. The molecule has 0 saturated carbocycles. The lowest BCUT2D eigenvalue weighted by Gasteiger charge is -2.25. The molecule has 2 aromatic carbocycles. The van der Waals surface area contributed by atoms with Crippen molar-refractivity contribution in [1.82, 2.24) is 10.2 Å². The summed E-state index contributed by atoms with van der Waals surface area (Å²) in [5, 5.41) is 21.9. The van der Waals surface area contributed by atoms with Crippen LogP contribution < -0.4 is 5.32 Å². The molecular formula is C24H30N2O4. The third-order valence-electron chi connectivity index (χ3n) is 4.88. The maximum absolute atomic E-state index is 12.9. The average Bonchev–Trinajstić information content (AvgIpc) is 2.78. The summed E-state index contributed by atoms with van der Waals surface area (Å²) in [4.78, 5) is 27.3. The molecule has 0 spiro atoms. The van der Waals surface area contributed by atoms with E-state index in [0.29, 0.717) is 13.0 Å². The number of hydrogen-bond acceptors (Lipinski definition) is 4. The van der Waals surface area contributed by atoms with Crippen molar-refractivity contribution in [2.24, 2.45) is 5.92 Å². The number of aliphatic hydroxyl groups is 2. The maximum Gasteiger partial charge on any atom is 0.224 e. The van der Waals surface area contributed by atoms with E-state index in [9.17, 15) is 19.8 Å². The van der Waals surface area contributed by atoms with Gasteiger partial charge >= 0.3 is 0 Å². The van der Waals surface area contributed by atoms with Crippen LogP contribution in [0.2, 0.25) is 0 Å². The van der Waals surface area contributed by atoms with Crippen LogP contribution in [-0.4, -0.2) is 46.7 Å². The van der Waals surface area contributed by atoms with Crippen LogP contribution in [0, 0.1) is 5.92 Å².